The molecule has 0 spiro atoms. The third-order valence-electron chi connectivity index (χ3n) is 5.05. The maximum atomic E-state index is 9.42. The van der Waals surface area contributed by atoms with Crippen LogP contribution in [-0.4, -0.2) is 25.6 Å². The lowest BCUT2D eigenvalue weighted by molar-refractivity contribution is 0.124. The molecule has 2 nitrogen and oxygen atoms in total. The summed E-state index contributed by atoms with van der Waals surface area (Å²) in [7, 11) is -1.74. The molecular weight excluding hydrogens is 288 g/mol. The molecule has 0 aliphatic heterocycles. The summed E-state index contributed by atoms with van der Waals surface area (Å²) in [5.74, 6) is 6.11. The van der Waals surface area contributed by atoms with E-state index in [0.29, 0.717) is 0 Å². The Morgan fingerprint density at radius 3 is 2.27 bits per heavy atom. The van der Waals surface area contributed by atoms with Gasteiger partial charge in [0.2, 0.25) is 0 Å². The predicted octanol–water partition coefficient (Wildman–Crippen LogP) is 4.90. The van der Waals surface area contributed by atoms with Crippen molar-refractivity contribution >= 4 is 8.32 Å². The summed E-state index contributed by atoms with van der Waals surface area (Å²) in [4.78, 5) is 0. The Morgan fingerprint density at radius 1 is 1.32 bits per heavy atom. The Bertz CT molecular complexity index is 496. The Hall–Kier alpha value is -0.563. The molecule has 0 saturated heterocycles. The van der Waals surface area contributed by atoms with E-state index in [1.54, 1.807) is 6.92 Å². The Morgan fingerprint density at radius 2 is 1.86 bits per heavy atom. The first-order chi connectivity index (χ1) is 9.76. The SMILES string of the molecule is CC1=C(C#C[C@@H](C)O)C(C)(C)C[C@H](O[Si](C)(C)C(C)(C)C)C1. The topological polar surface area (TPSA) is 29.5 Å². The number of allylic oxidation sites excluding steroid dienone is 1. The summed E-state index contributed by atoms with van der Waals surface area (Å²) >= 11 is 0. The van der Waals surface area contributed by atoms with E-state index in [1.165, 1.54) is 11.1 Å². The zero-order chi connectivity index (χ0) is 17.3. The minimum atomic E-state index is -1.74. The van der Waals surface area contributed by atoms with Gasteiger partial charge in [-0.05, 0) is 50.2 Å². The van der Waals surface area contributed by atoms with Gasteiger partial charge in [-0.1, -0.05) is 52.0 Å². The summed E-state index contributed by atoms with van der Waals surface area (Å²) in [5.41, 5.74) is 2.51. The molecule has 2 atom stereocenters. The molecule has 0 aromatic rings. The van der Waals surface area contributed by atoms with Crippen molar-refractivity contribution in [2.45, 2.75) is 91.6 Å². The van der Waals surface area contributed by atoms with E-state index in [-0.39, 0.29) is 16.6 Å². The number of hydrogen-bond donors (Lipinski definition) is 1. The minimum Gasteiger partial charge on any atom is -0.414 e. The van der Waals surface area contributed by atoms with Crippen LogP contribution in [0.15, 0.2) is 11.1 Å². The van der Waals surface area contributed by atoms with E-state index >= 15 is 0 Å². The Kier molecular flexibility index (Phi) is 5.77. The summed E-state index contributed by atoms with van der Waals surface area (Å²) in [6.45, 7) is 19.9. The molecule has 22 heavy (non-hydrogen) atoms. The molecule has 0 bridgehead atoms. The van der Waals surface area contributed by atoms with E-state index in [0.717, 1.165) is 12.8 Å². The second kappa shape index (κ2) is 6.51. The van der Waals surface area contributed by atoms with Crippen LogP contribution in [-0.2, 0) is 4.43 Å². The highest BCUT2D eigenvalue weighted by Crippen LogP contribution is 2.44. The second-order valence-electron chi connectivity index (χ2n) is 8.89. The van der Waals surface area contributed by atoms with E-state index in [1.807, 2.05) is 0 Å². The van der Waals surface area contributed by atoms with Gasteiger partial charge in [-0.2, -0.15) is 0 Å². The van der Waals surface area contributed by atoms with Gasteiger partial charge >= 0.3 is 0 Å². The lowest BCUT2D eigenvalue weighted by Gasteiger charge is -2.44. The van der Waals surface area contributed by atoms with Crippen molar-refractivity contribution in [1.29, 1.82) is 0 Å². The molecule has 0 saturated carbocycles. The molecule has 3 heteroatoms. The zero-order valence-electron chi connectivity index (χ0n) is 15.9. The van der Waals surface area contributed by atoms with Crippen LogP contribution in [0.4, 0.5) is 0 Å². The summed E-state index contributed by atoms with van der Waals surface area (Å²) in [5, 5.41) is 9.66. The molecular formula is C19H34O2Si. The van der Waals surface area contributed by atoms with Crippen LogP contribution < -0.4 is 0 Å². The Labute approximate surface area is 138 Å². The molecule has 1 N–H and O–H groups in total. The molecule has 0 amide bonds. The van der Waals surface area contributed by atoms with Gasteiger partial charge in [0.25, 0.3) is 0 Å². The van der Waals surface area contributed by atoms with Crippen LogP contribution in [0.2, 0.25) is 18.1 Å². The average molecular weight is 323 g/mol. The van der Waals surface area contributed by atoms with Crippen LogP contribution in [0.25, 0.3) is 0 Å². The normalized spacial score (nSPS) is 23.8. The van der Waals surface area contributed by atoms with Crippen molar-refractivity contribution in [2.24, 2.45) is 5.41 Å². The smallest absolute Gasteiger partial charge is 0.192 e. The van der Waals surface area contributed by atoms with Gasteiger partial charge in [0.15, 0.2) is 8.32 Å². The molecule has 1 aliphatic rings. The Balaban J connectivity index is 3.00. The first kappa shape index (κ1) is 19.5. The van der Waals surface area contributed by atoms with Crippen molar-refractivity contribution in [1.82, 2.24) is 0 Å². The largest absolute Gasteiger partial charge is 0.414 e. The molecule has 126 valence electrons. The fourth-order valence-corrected chi connectivity index (χ4v) is 4.25. The van der Waals surface area contributed by atoms with E-state index in [9.17, 15) is 5.11 Å². The molecule has 0 unspecified atom stereocenters. The third kappa shape index (κ3) is 4.71. The lowest BCUT2D eigenvalue weighted by Crippen LogP contribution is -2.46. The maximum Gasteiger partial charge on any atom is 0.192 e. The van der Waals surface area contributed by atoms with E-state index in [2.05, 4.69) is 66.5 Å². The van der Waals surface area contributed by atoms with Gasteiger partial charge in [0, 0.05) is 11.7 Å². The average Bonchev–Trinajstić information content (AvgIpc) is 2.23. The van der Waals surface area contributed by atoms with Gasteiger partial charge in [-0.15, -0.1) is 0 Å². The van der Waals surface area contributed by atoms with Crippen LogP contribution in [0, 0.1) is 17.3 Å². The fourth-order valence-electron chi connectivity index (χ4n) is 2.89. The minimum absolute atomic E-state index is 0.0112. The number of aliphatic hydroxyl groups excluding tert-OH is 1. The fraction of sp³-hybridized carbons (Fsp3) is 0.789. The first-order valence-corrected chi connectivity index (χ1v) is 11.2. The molecule has 0 heterocycles. The zero-order valence-corrected chi connectivity index (χ0v) is 16.9. The molecule has 0 radical (unpaired) electrons. The predicted molar refractivity (Wildman–Crippen MR) is 97.2 cm³/mol. The molecule has 0 aromatic carbocycles. The van der Waals surface area contributed by atoms with Crippen LogP contribution in [0.5, 0.6) is 0 Å². The van der Waals surface area contributed by atoms with Crippen molar-refractivity contribution in [3.05, 3.63) is 11.1 Å². The van der Waals surface area contributed by atoms with Crippen LogP contribution in [0.1, 0.15) is 61.3 Å². The number of hydrogen-bond acceptors (Lipinski definition) is 2. The first-order valence-electron chi connectivity index (χ1n) is 8.34. The number of rotatable bonds is 2. The van der Waals surface area contributed by atoms with Gasteiger partial charge < -0.3 is 9.53 Å². The summed E-state index contributed by atoms with van der Waals surface area (Å²) < 4.78 is 6.63. The summed E-state index contributed by atoms with van der Waals surface area (Å²) in [6.07, 6.45) is 1.67. The van der Waals surface area contributed by atoms with Crippen molar-refractivity contribution < 1.29 is 9.53 Å². The van der Waals surface area contributed by atoms with Crippen molar-refractivity contribution in [3.8, 4) is 11.8 Å². The van der Waals surface area contributed by atoms with Crippen LogP contribution >= 0.6 is 0 Å². The van der Waals surface area contributed by atoms with Gasteiger partial charge in [-0.25, -0.2) is 0 Å². The lowest BCUT2D eigenvalue weighted by atomic mass is 9.72. The highest BCUT2D eigenvalue weighted by molar-refractivity contribution is 6.74. The second-order valence-corrected chi connectivity index (χ2v) is 13.6. The standard InChI is InChI=1S/C19H34O2Si/c1-14-12-16(21-22(8,9)18(3,4)5)13-19(6,7)17(14)11-10-15(2)20/h15-16,20H,12-13H2,1-9H3/t15-,16-/m1/s1. The summed E-state index contributed by atoms with van der Waals surface area (Å²) in [6, 6.07) is 0. The molecule has 1 rings (SSSR count). The molecule has 0 fully saturated rings. The van der Waals surface area contributed by atoms with Crippen molar-refractivity contribution in [2.75, 3.05) is 0 Å². The molecule has 0 aromatic heterocycles. The number of aliphatic hydroxyl groups is 1. The van der Waals surface area contributed by atoms with Crippen LogP contribution in [0.3, 0.4) is 0 Å². The van der Waals surface area contributed by atoms with Gasteiger partial charge in [0.05, 0.1) is 0 Å². The highest BCUT2D eigenvalue weighted by atomic mass is 28.4. The highest BCUT2D eigenvalue weighted by Gasteiger charge is 2.42. The monoisotopic (exact) mass is 322 g/mol. The maximum absolute atomic E-state index is 9.42. The van der Waals surface area contributed by atoms with Crippen molar-refractivity contribution in [3.63, 3.8) is 0 Å². The quantitative estimate of drug-likeness (QED) is 0.579. The molecule has 1 aliphatic carbocycles. The third-order valence-corrected chi connectivity index (χ3v) is 9.58. The van der Waals surface area contributed by atoms with E-state index < -0.39 is 14.4 Å². The van der Waals surface area contributed by atoms with Gasteiger partial charge in [0.1, 0.15) is 6.10 Å². The van der Waals surface area contributed by atoms with E-state index in [4.69, 9.17) is 4.43 Å². The van der Waals surface area contributed by atoms with Gasteiger partial charge in [-0.3, -0.25) is 0 Å².